The number of anilines is 2. The van der Waals surface area contributed by atoms with Gasteiger partial charge in [0, 0.05) is 27.2 Å². The monoisotopic (exact) mass is 498 g/mol. The van der Waals surface area contributed by atoms with Gasteiger partial charge in [-0.05, 0) is 24.8 Å². The Morgan fingerprint density at radius 3 is 2.25 bits per heavy atom. The standard InChI is InChI=1S/C27H42N6O3/c1-31-20-33(26-23(31)25(35)30-27(36)32(26)2)18-14-9-7-5-3-4-6-8-13-17-29-24(34)22(28)19-21-15-11-10-12-16-21/h10-12,15-16,22H,3-9,13-14,17-20,28H2,1-2H3,(H,29,34)(H,30,35,36). The van der Waals surface area contributed by atoms with Crippen molar-refractivity contribution in [2.45, 2.75) is 70.3 Å². The summed E-state index contributed by atoms with van der Waals surface area (Å²) in [4.78, 5) is 42.7. The van der Waals surface area contributed by atoms with Crippen LogP contribution >= 0.6 is 0 Å². The third-order valence-electron chi connectivity index (χ3n) is 6.87. The summed E-state index contributed by atoms with van der Waals surface area (Å²) in [7, 11) is 3.59. The highest BCUT2D eigenvalue weighted by atomic mass is 16.2. The maximum atomic E-state index is 12.2. The molecular weight excluding hydrogens is 456 g/mol. The van der Waals surface area contributed by atoms with E-state index in [1.165, 1.54) is 36.7 Å². The number of nitrogens with zero attached hydrogens (tertiary/aromatic N) is 3. The number of aromatic amines is 1. The minimum absolute atomic E-state index is 0.0723. The summed E-state index contributed by atoms with van der Waals surface area (Å²) in [5.41, 5.74) is 6.99. The van der Waals surface area contributed by atoms with Crippen LogP contribution in [-0.4, -0.2) is 48.3 Å². The van der Waals surface area contributed by atoms with E-state index in [-0.39, 0.29) is 17.2 Å². The van der Waals surface area contributed by atoms with Crippen LogP contribution in [-0.2, 0) is 18.3 Å². The van der Waals surface area contributed by atoms with Gasteiger partial charge in [-0.2, -0.15) is 0 Å². The Morgan fingerprint density at radius 1 is 0.972 bits per heavy atom. The lowest BCUT2D eigenvalue weighted by atomic mass is 10.1. The maximum Gasteiger partial charge on any atom is 0.329 e. The number of amides is 1. The molecule has 1 amide bonds. The zero-order valence-corrected chi connectivity index (χ0v) is 21.8. The molecule has 0 spiro atoms. The van der Waals surface area contributed by atoms with Crippen LogP contribution in [0.25, 0.3) is 0 Å². The van der Waals surface area contributed by atoms with E-state index in [9.17, 15) is 14.4 Å². The Bertz CT molecular complexity index is 1080. The number of benzene rings is 1. The number of unbranched alkanes of at least 4 members (excludes halogenated alkanes) is 8. The van der Waals surface area contributed by atoms with Gasteiger partial charge in [-0.15, -0.1) is 0 Å². The Kier molecular flexibility index (Phi) is 10.6. The molecule has 2 aromatic rings. The van der Waals surface area contributed by atoms with Crippen LogP contribution in [0.3, 0.4) is 0 Å². The number of carbonyl (C=O) groups excluding carboxylic acids is 1. The zero-order chi connectivity index (χ0) is 25.9. The summed E-state index contributed by atoms with van der Waals surface area (Å²) < 4.78 is 1.53. The van der Waals surface area contributed by atoms with Crippen molar-refractivity contribution in [1.29, 1.82) is 0 Å². The minimum Gasteiger partial charge on any atom is -0.355 e. The average molecular weight is 499 g/mol. The van der Waals surface area contributed by atoms with Gasteiger partial charge < -0.3 is 20.9 Å². The van der Waals surface area contributed by atoms with Crippen LogP contribution in [0, 0.1) is 0 Å². The van der Waals surface area contributed by atoms with E-state index >= 15 is 0 Å². The Morgan fingerprint density at radius 2 is 1.58 bits per heavy atom. The van der Waals surface area contributed by atoms with Crippen LogP contribution in [0.5, 0.6) is 0 Å². The number of rotatable bonds is 15. The van der Waals surface area contributed by atoms with Gasteiger partial charge in [0.25, 0.3) is 5.56 Å². The fourth-order valence-electron chi connectivity index (χ4n) is 4.84. The quantitative estimate of drug-likeness (QED) is 0.325. The Balaban J connectivity index is 1.18. The molecule has 198 valence electrons. The van der Waals surface area contributed by atoms with Gasteiger partial charge in [0.15, 0.2) is 0 Å². The largest absolute Gasteiger partial charge is 0.355 e. The SMILES string of the molecule is CN1CN(CCCCCCCCCCCNC(=O)C(N)Cc2ccccc2)c2c1c(=O)[nH]c(=O)n2C. The van der Waals surface area contributed by atoms with E-state index in [0.29, 0.717) is 25.3 Å². The number of aromatic nitrogens is 2. The molecule has 3 rings (SSSR count). The van der Waals surface area contributed by atoms with Gasteiger partial charge in [0.2, 0.25) is 5.91 Å². The van der Waals surface area contributed by atoms with Crippen molar-refractivity contribution in [2.24, 2.45) is 12.8 Å². The van der Waals surface area contributed by atoms with Crippen LogP contribution in [0.1, 0.15) is 63.4 Å². The molecule has 0 saturated carbocycles. The molecule has 9 heteroatoms. The second kappa shape index (κ2) is 13.9. The number of hydrogen-bond donors (Lipinski definition) is 3. The number of carbonyl (C=O) groups is 1. The van der Waals surface area contributed by atoms with Gasteiger partial charge >= 0.3 is 5.69 Å². The molecule has 1 aromatic heterocycles. The molecule has 1 atom stereocenters. The molecule has 1 unspecified atom stereocenters. The van der Waals surface area contributed by atoms with Crippen LogP contribution in [0.15, 0.2) is 39.9 Å². The van der Waals surface area contributed by atoms with Crippen LogP contribution in [0.2, 0.25) is 0 Å². The molecule has 0 saturated heterocycles. The first-order valence-electron chi connectivity index (χ1n) is 13.2. The van der Waals surface area contributed by atoms with Gasteiger partial charge in [0.1, 0.15) is 11.5 Å². The summed E-state index contributed by atoms with van der Waals surface area (Å²) in [6.07, 6.45) is 10.9. The van der Waals surface area contributed by atoms with E-state index in [1.807, 2.05) is 42.3 Å². The summed E-state index contributed by atoms with van der Waals surface area (Å²) in [5, 5.41) is 2.96. The average Bonchev–Trinajstić information content (AvgIpc) is 3.20. The molecule has 0 bridgehead atoms. The molecule has 36 heavy (non-hydrogen) atoms. The molecule has 0 fully saturated rings. The first kappa shape index (κ1) is 27.5. The van der Waals surface area contributed by atoms with Crippen molar-refractivity contribution in [3.05, 3.63) is 56.7 Å². The first-order valence-corrected chi connectivity index (χ1v) is 13.2. The highest BCUT2D eigenvalue weighted by Gasteiger charge is 2.28. The summed E-state index contributed by atoms with van der Waals surface area (Å²) >= 11 is 0. The van der Waals surface area contributed by atoms with Gasteiger partial charge in [0.05, 0.1) is 12.7 Å². The molecule has 2 heterocycles. The fraction of sp³-hybridized carbons (Fsp3) is 0.593. The molecule has 9 nitrogen and oxygen atoms in total. The molecule has 0 radical (unpaired) electrons. The van der Waals surface area contributed by atoms with Crippen LogP contribution < -0.4 is 32.1 Å². The highest BCUT2D eigenvalue weighted by Crippen LogP contribution is 2.29. The molecule has 4 N–H and O–H groups in total. The number of nitrogens with one attached hydrogen (secondary N) is 2. The third kappa shape index (κ3) is 7.71. The fourth-order valence-corrected chi connectivity index (χ4v) is 4.84. The van der Waals surface area contributed by atoms with E-state index in [0.717, 1.165) is 43.6 Å². The number of hydrogen-bond acceptors (Lipinski definition) is 6. The number of nitrogens with two attached hydrogens (primary N) is 1. The van der Waals surface area contributed by atoms with Crippen molar-refractivity contribution >= 4 is 17.4 Å². The van der Waals surface area contributed by atoms with E-state index < -0.39 is 6.04 Å². The molecule has 0 aliphatic carbocycles. The predicted molar refractivity (Wildman–Crippen MR) is 146 cm³/mol. The van der Waals surface area contributed by atoms with Crippen molar-refractivity contribution in [2.75, 3.05) is 36.6 Å². The van der Waals surface area contributed by atoms with E-state index in [1.54, 1.807) is 7.05 Å². The van der Waals surface area contributed by atoms with E-state index in [2.05, 4.69) is 15.2 Å². The van der Waals surface area contributed by atoms with Gasteiger partial charge in [-0.1, -0.05) is 75.3 Å². The van der Waals surface area contributed by atoms with Crippen molar-refractivity contribution in [1.82, 2.24) is 14.9 Å². The maximum absolute atomic E-state index is 12.2. The number of H-pyrrole nitrogens is 1. The molecular formula is C27H42N6O3. The highest BCUT2D eigenvalue weighted by molar-refractivity contribution is 5.81. The zero-order valence-electron chi connectivity index (χ0n) is 21.8. The molecule has 1 aromatic carbocycles. The topological polar surface area (TPSA) is 116 Å². The van der Waals surface area contributed by atoms with Gasteiger partial charge in [-0.25, -0.2) is 4.79 Å². The second-order valence-electron chi connectivity index (χ2n) is 9.86. The predicted octanol–water partition coefficient (Wildman–Crippen LogP) is 2.48. The normalized spacial score (nSPS) is 13.6. The van der Waals surface area contributed by atoms with Gasteiger partial charge in [-0.3, -0.25) is 19.1 Å². The third-order valence-corrected chi connectivity index (χ3v) is 6.87. The Hall–Kier alpha value is -3.07. The molecule has 1 aliphatic rings. The van der Waals surface area contributed by atoms with Crippen molar-refractivity contribution in [3.8, 4) is 0 Å². The lowest BCUT2D eigenvalue weighted by molar-refractivity contribution is -0.122. The Labute approximate surface area is 213 Å². The summed E-state index contributed by atoms with van der Waals surface area (Å²) in [5.74, 6) is 0.651. The molecule has 1 aliphatic heterocycles. The van der Waals surface area contributed by atoms with E-state index in [4.69, 9.17) is 5.73 Å². The van der Waals surface area contributed by atoms with Crippen LogP contribution in [0.4, 0.5) is 11.5 Å². The van der Waals surface area contributed by atoms with Crippen molar-refractivity contribution in [3.63, 3.8) is 0 Å². The number of fused-ring (bicyclic) bond motifs is 1. The summed E-state index contributed by atoms with van der Waals surface area (Å²) in [6.45, 7) is 2.16. The van der Waals surface area contributed by atoms with Crippen molar-refractivity contribution < 1.29 is 4.79 Å². The smallest absolute Gasteiger partial charge is 0.329 e. The second-order valence-corrected chi connectivity index (χ2v) is 9.86. The summed E-state index contributed by atoms with van der Waals surface area (Å²) in [6, 6.07) is 9.37. The minimum atomic E-state index is -0.497. The lowest BCUT2D eigenvalue weighted by Crippen LogP contribution is -2.42. The first-order chi connectivity index (χ1) is 17.4. The lowest BCUT2D eigenvalue weighted by Gasteiger charge is -2.20.